The summed E-state index contributed by atoms with van der Waals surface area (Å²) in [5.41, 5.74) is 5.97. The number of carbonyl (C=O) groups excluding carboxylic acids is 1. The monoisotopic (exact) mass is 335 g/mol. The van der Waals surface area contributed by atoms with Gasteiger partial charge in [-0.05, 0) is 24.6 Å². The summed E-state index contributed by atoms with van der Waals surface area (Å²) in [4.78, 5) is 10.1. The molecule has 0 radical (unpaired) electrons. The molecule has 0 saturated heterocycles. The number of rotatable bonds is 3. The van der Waals surface area contributed by atoms with Gasteiger partial charge in [0.1, 0.15) is 6.04 Å². The number of carbonyl (C=O) groups is 1. The zero-order chi connectivity index (χ0) is 15.0. The molecule has 20 heavy (non-hydrogen) atoms. The molecule has 0 aliphatic rings. The summed E-state index contributed by atoms with van der Waals surface area (Å²) in [5, 5.41) is 10.1. The predicted octanol–water partition coefficient (Wildman–Crippen LogP) is 1.73. The fraction of sp³-hybridized carbons (Fsp3) is 0.188. The first kappa shape index (κ1) is 16.4. The van der Waals surface area contributed by atoms with Gasteiger partial charge in [-0.15, -0.1) is 0 Å². The van der Waals surface area contributed by atoms with Gasteiger partial charge in [0.25, 0.3) is 0 Å². The number of aliphatic carboxylic acids is 1. The van der Waals surface area contributed by atoms with Gasteiger partial charge in [-0.25, -0.2) is 0 Å². The summed E-state index contributed by atoms with van der Waals surface area (Å²) >= 11 is 3.25. The van der Waals surface area contributed by atoms with Crippen LogP contribution in [0.3, 0.4) is 0 Å². The number of hydrogen-bond acceptors (Lipinski definition) is 2. The van der Waals surface area contributed by atoms with Gasteiger partial charge in [0.05, 0.1) is 0 Å². The normalized spacial score (nSPS) is 11.2. The van der Waals surface area contributed by atoms with Gasteiger partial charge in [-0.3, -0.25) is 0 Å². The van der Waals surface area contributed by atoms with E-state index in [-0.39, 0.29) is 6.42 Å². The Hall–Kier alpha value is -1.65. The van der Waals surface area contributed by atoms with E-state index in [9.17, 15) is 9.90 Å². The standard InChI is InChI=1S/C8H7BrO2.C8H11N/c9-7-3-1-6(2-4-7)5-8(10)11;1-7(9)8-5-3-2-4-6-8/h1-4H,5H2,(H,10,11);2-7H,9H2,1H3/t;7-/m.1/s1. The first-order valence-electron chi connectivity index (χ1n) is 6.31. The molecule has 3 N–H and O–H groups in total. The van der Waals surface area contributed by atoms with Crippen LogP contribution in [-0.4, -0.2) is 5.97 Å². The van der Waals surface area contributed by atoms with Crippen molar-refractivity contribution in [3.63, 3.8) is 0 Å². The van der Waals surface area contributed by atoms with Crippen LogP contribution in [0.2, 0.25) is 0 Å². The summed E-state index contributed by atoms with van der Waals surface area (Å²) in [6.45, 7) is 2.09. The second-order valence-corrected chi connectivity index (χ2v) is 5.40. The topological polar surface area (TPSA) is 67.8 Å². The van der Waals surface area contributed by atoms with E-state index in [0.29, 0.717) is 6.04 Å². The average molecular weight is 336 g/mol. The van der Waals surface area contributed by atoms with Gasteiger partial charge in [-0.1, -0.05) is 58.4 Å². The lowest BCUT2D eigenvalue weighted by Gasteiger charge is -2.01. The fourth-order valence-electron chi connectivity index (χ4n) is 1.55. The van der Waals surface area contributed by atoms with Gasteiger partial charge < -0.3 is 15.6 Å². The molecule has 106 valence electrons. The molecule has 1 atom stereocenters. The number of carboxylic acids is 1. The van der Waals surface area contributed by atoms with Crippen molar-refractivity contribution in [1.82, 2.24) is 0 Å². The van der Waals surface area contributed by atoms with Crippen LogP contribution in [0.4, 0.5) is 0 Å². The lowest BCUT2D eigenvalue weighted by Crippen LogP contribution is -2.51. The van der Waals surface area contributed by atoms with E-state index in [1.807, 2.05) is 18.2 Å². The Morgan fingerprint density at radius 1 is 1.15 bits per heavy atom. The van der Waals surface area contributed by atoms with Crippen LogP contribution in [0, 0.1) is 0 Å². The molecule has 0 heterocycles. The van der Waals surface area contributed by atoms with Crippen molar-refractivity contribution >= 4 is 21.9 Å². The Bertz CT molecular complexity index is 524. The van der Waals surface area contributed by atoms with Crippen LogP contribution >= 0.6 is 15.9 Å². The fourth-order valence-corrected chi connectivity index (χ4v) is 1.81. The molecule has 2 aromatic carbocycles. The molecule has 0 fully saturated rings. The van der Waals surface area contributed by atoms with Crippen LogP contribution in [-0.2, 0) is 11.2 Å². The summed E-state index contributed by atoms with van der Waals surface area (Å²) in [6, 6.07) is 17.8. The molecule has 0 spiro atoms. The van der Waals surface area contributed by atoms with E-state index in [1.165, 1.54) is 5.56 Å². The Labute approximate surface area is 127 Å². The van der Waals surface area contributed by atoms with Gasteiger partial charge in [0.15, 0.2) is 0 Å². The Kier molecular flexibility index (Phi) is 6.98. The molecule has 2 aromatic rings. The van der Waals surface area contributed by atoms with Gasteiger partial charge in [-0.2, -0.15) is 0 Å². The molecule has 0 aliphatic heterocycles. The number of carboxylic acid groups (broad SMARTS) is 1. The predicted molar refractivity (Wildman–Crippen MR) is 80.6 cm³/mol. The molecule has 0 saturated carbocycles. The van der Waals surface area contributed by atoms with E-state index < -0.39 is 5.97 Å². The quantitative estimate of drug-likeness (QED) is 0.928. The van der Waals surface area contributed by atoms with E-state index in [2.05, 4.69) is 40.7 Å². The van der Waals surface area contributed by atoms with E-state index >= 15 is 0 Å². The molecule has 0 unspecified atom stereocenters. The largest absolute Gasteiger partial charge is 0.550 e. The molecule has 3 nitrogen and oxygen atoms in total. The number of quaternary nitrogens is 1. The smallest absolute Gasteiger partial charge is 0.107 e. The van der Waals surface area contributed by atoms with Crippen LogP contribution in [0.15, 0.2) is 59.1 Å². The summed E-state index contributed by atoms with van der Waals surface area (Å²) in [6.07, 6.45) is -0.0206. The number of benzene rings is 2. The van der Waals surface area contributed by atoms with E-state index in [1.54, 1.807) is 24.3 Å². The van der Waals surface area contributed by atoms with Crippen molar-refractivity contribution in [3.05, 3.63) is 70.2 Å². The molecule has 0 bridgehead atoms. The second-order valence-electron chi connectivity index (χ2n) is 4.49. The third-order valence-corrected chi connectivity index (χ3v) is 3.16. The minimum atomic E-state index is -1.05. The number of hydrogen-bond donors (Lipinski definition) is 1. The Morgan fingerprint density at radius 2 is 1.70 bits per heavy atom. The first-order chi connectivity index (χ1) is 9.49. The zero-order valence-corrected chi connectivity index (χ0v) is 13.0. The third-order valence-electron chi connectivity index (χ3n) is 2.63. The highest BCUT2D eigenvalue weighted by Crippen LogP contribution is 2.10. The third kappa shape index (κ3) is 6.50. The van der Waals surface area contributed by atoms with Crippen molar-refractivity contribution in [2.24, 2.45) is 0 Å². The van der Waals surface area contributed by atoms with Crippen LogP contribution in [0.25, 0.3) is 0 Å². The zero-order valence-electron chi connectivity index (χ0n) is 11.4. The lowest BCUT2D eigenvalue weighted by atomic mass is 10.1. The van der Waals surface area contributed by atoms with Crippen molar-refractivity contribution in [1.29, 1.82) is 0 Å². The van der Waals surface area contributed by atoms with Crippen LogP contribution < -0.4 is 10.8 Å². The van der Waals surface area contributed by atoms with Crippen molar-refractivity contribution < 1.29 is 15.6 Å². The highest BCUT2D eigenvalue weighted by Gasteiger charge is 1.97. The number of halogens is 1. The van der Waals surface area contributed by atoms with Gasteiger partial charge in [0.2, 0.25) is 0 Å². The van der Waals surface area contributed by atoms with E-state index in [0.717, 1.165) is 10.0 Å². The molecular formula is C16H18BrNO2. The molecule has 4 heteroatoms. The van der Waals surface area contributed by atoms with Gasteiger partial charge >= 0.3 is 0 Å². The van der Waals surface area contributed by atoms with Crippen LogP contribution in [0.1, 0.15) is 24.1 Å². The Morgan fingerprint density at radius 3 is 2.10 bits per heavy atom. The first-order valence-corrected chi connectivity index (χ1v) is 7.10. The lowest BCUT2D eigenvalue weighted by molar-refractivity contribution is -0.420. The van der Waals surface area contributed by atoms with Gasteiger partial charge in [0, 0.05) is 22.4 Å². The molecule has 2 rings (SSSR count). The van der Waals surface area contributed by atoms with Crippen molar-refractivity contribution in [2.45, 2.75) is 19.4 Å². The minimum Gasteiger partial charge on any atom is -0.550 e. The Balaban J connectivity index is 0.000000204. The molecule has 0 aromatic heterocycles. The summed E-state index contributed by atoms with van der Waals surface area (Å²) in [5.74, 6) is -1.05. The highest BCUT2D eigenvalue weighted by atomic mass is 79.9. The summed E-state index contributed by atoms with van der Waals surface area (Å²) < 4.78 is 0.944. The average Bonchev–Trinajstić information content (AvgIpc) is 2.43. The van der Waals surface area contributed by atoms with Crippen molar-refractivity contribution in [3.8, 4) is 0 Å². The maximum absolute atomic E-state index is 10.1. The molecule has 0 amide bonds. The SMILES string of the molecule is C[C@@H]([NH3+])c1ccccc1.O=C([O-])Cc1ccc(Br)cc1. The van der Waals surface area contributed by atoms with Crippen molar-refractivity contribution in [2.75, 3.05) is 0 Å². The van der Waals surface area contributed by atoms with E-state index in [4.69, 9.17) is 0 Å². The maximum Gasteiger partial charge on any atom is 0.107 e. The maximum atomic E-state index is 10.1. The minimum absolute atomic E-state index is 0.0206. The molecule has 0 aliphatic carbocycles. The molecular weight excluding hydrogens is 318 g/mol. The second kappa shape index (κ2) is 8.51. The highest BCUT2D eigenvalue weighted by molar-refractivity contribution is 9.10. The van der Waals surface area contributed by atoms with Crippen LogP contribution in [0.5, 0.6) is 0 Å². The summed E-state index contributed by atoms with van der Waals surface area (Å²) in [7, 11) is 0.